The number of nitrogens with zero attached hydrogens (tertiary/aromatic N) is 2. The molecular weight excluding hydrogens is 525 g/mol. The summed E-state index contributed by atoms with van der Waals surface area (Å²) in [5.74, 6) is -3.28. The minimum absolute atomic E-state index is 0.0111. The molecule has 40 heavy (non-hydrogen) atoms. The van der Waals surface area contributed by atoms with Crippen LogP contribution in [0.2, 0.25) is 0 Å². The van der Waals surface area contributed by atoms with E-state index < -0.39 is 35.0 Å². The van der Waals surface area contributed by atoms with Gasteiger partial charge in [0.05, 0.1) is 24.7 Å². The topological polar surface area (TPSA) is 96.7 Å². The summed E-state index contributed by atoms with van der Waals surface area (Å²) in [5.41, 5.74) is -0.107. The third-order valence-electron chi connectivity index (χ3n) is 8.28. The molecule has 1 saturated carbocycles. The van der Waals surface area contributed by atoms with Gasteiger partial charge in [0.2, 0.25) is 5.91 Å². The highest BCUT2D eigenvalue weighted by Crippen LogP contribution is 2.33. The molecule has 1 aliphatic carbocycles. The number of halogens is 3. The van der Waals surface area contributed by atoms with E-state index in [1.54, 1.807) is 12.1 Å². The number of carbonyl (C=O) groups excluding carboxylic acids is 2. The number of hydrogen-bond acceptors (Lipinski definition) is 6. The number of carbonyl (C=O) groups is 2. The van der Waals surface area contributed by atoms with E-state index in [-0.39, 0.29) is 42.0 Å². The van der Waals surface area contributed by atoms with Crippen LogP contribution in [0.25, 0.3) is 11.3 Å². The van der Waals surface area contributed by atoms with Gasteiger partial charge in [-0.3, -0.25) is 14.5 Å². The predicted octanol–water partition coefficient (Wildman–Crippen LogP) is 3.77. The molecular formula is C29H29F3N4O4. The fourth-order valence-electron chi connectivity index (χ4n) is 5.65. The minimum Gasteiger partial charge on any atom is -0.376 e. The molecule has 0 unspecified atom stereocenters. The maximum Gasteiger partial charge on any atom is 0.273 e. The van der Waals surface area contributed by atoms with Gasteiger partial charge < -0.3 is 19.9 Å². The molecule has 2 atom stereocenters. The van der Waals surface area contributed by atoms with Gasteiger partial charge in [0.25, 0.3) is 5.91 Å². The second-order valence-electron chi connectivity index (χ2n) is 10.8. The number of likely N-dealkylation sites (tertiary alicyclic amines) is 1. The van der Waals surface area contributed by atoms with Crippen molar-refractivity contribution in [3.05, 3.63) is 77.2 Å². The first-order chi connectivity index (χ1) is 19.3. The van der Waals surface area contributed by atoms with Gasteiger partial charge in [-0.1, -0.05) is 23.7 Å². The lowest BCUT2D eigenvalue weighted by Crippen LogP contribution is -2.64. The molecule has 1 aromatic heterocycles. The zero-order valence-electron chi connectivity index (χ0n) is 21.7. The summed E-state index contributed by atoms with van der Waals surface area (Å²) in [4.78, 5) is 29.3. The Balaban J connectivity index is 1.19. The molecule has 2 amide bonds. The van der Waals surface area contributed by atoms with Crippen molar-refractivity contribution in [3.63, 3.8) is 0 Å². The summed E-state index contributed by atoms with van der Waals surface area (Å²) in [6.07, 6.45) is 3.88. The van der Waals surface area contributed by atoms with E-state index in [0.717, 1.165) is 43.5 Å². The highest BCUT2D eigenvalue weighted by molar-refractivity contribution is 5.94. The molecule has 8 nitrogen and oxygen atoms in total. The Kier molecular flexibility index (Phi) is 7.09. The molecule has 2 aromatic carbocycles. The van der Waals surface area contributed by atoms with Crippen LogP contribution in [-0.2, 0) is 15.1 Å². The Bertz CT molecular complexity index is 1400. The SMILES string of the molecule is O=C(N[C@@H]1CCN(C2CCC2)C[C@H]1C(=O)NC1(c2ccc(F)cc2)COC1)c1cc(-c2ccc(F)cc2F)on1. The number of piperidine rings is 1. The summed E-state index contributed by atoms with van der Waals surface area (Å²) < 4.78 is 51.7. The number of ether oxygens (including phenoxy) is 1. The Hall–Kier alpha value is -3.70. The van der Waals surface area contributed by atoms with Crippen molar-refractivity contribution in [2.75, 3.05) is 26.3 Å². The molecule has 0 spiro atoms. The van der Waals surface area contributed by atoms with Crippen LogP contribution >= 0.6 is 0 Å². The number of hydrogen-bond donors (Lipinski definition) is 2. The number of amides is 2. The Morgan fingerprint density at radius 3 is 2.38 bits per heavy atom. The number of nitrogens with one attached hydrogen (secondary N) is 2. The Morgan fingerprint density at radius 2 is 1.73 bits per heavy atom. The van der Waals surface area contributed by atoms with Gasteiger partial charge in [0.1, 0.15) is 23.0 Å². The summed E-state index contributed by atoms with van der Waals surface area (Å²) in [6, 6.07) is 10.3. The van der Waals surface area contributed by atoms with Gasteiger partial charge in [0.15, 0.2) is 11.5 Å². The monoisotopic (exact) mass is 554 g/mol. The zero-order valence-corrected chi connectivity index (χ0v) is 21.7. The Labute approximate surface area is 228 Å². The van der Waals surface area contributed by atoms with Crippen LogP contribution in [0.4, 0.5) is 13.2 Å². The number of aromatic nitrogens is 1. The van der Waals surface area contributed by atoms with Crippen LogP contribution in [-0.4, -0.2) is 60.3 Å². The maximum absolute atomic E-state index is 14.2. The lowest BCUT2D eigenvalue weighted by atomic mass is 9.83. The highest BCUT2D eigenvalue weighted by Gasteiger charge is 2.46. The second kappa shape index (κ2) is 10.7. The van der Waals surface area contributed by atoms with Gasteiger partial charge in [0, 0.05) is 37.3 Å². The quantitative estimate of drug-likeness (QED) is 0.462. The van der Waals surface area contributed by atoms with Gasteiger partial charge in [-0.25, -0.2) is 13.2 Å². The van der Waals surface area contributed by atoms with Crippen molar-refractivity contribution in [2.45, 2.75) is 43.3 Å². The standard InChI is InChI=1S/C29H29F3N4O4/c30-18-6-4-17(5-7-18)29(15-39-16-29)34-27(37)22-14-36(20-2-1-3-20)11-10-24(22)33-28(38)25-13-26(40-35-25)21-9-8-19(31)12-23(21)32/h4-9,12-13,20,22,24H,1-3,10-11,14-16H2,(H,33,38)(H,34,37)/t22-,24-/m1/s1. The first kappa shape index (κ1) is 26.5. The fourth-order valence-corrected chi connectivity index (χ4v) is 5.65. The molecule has 11 heteroatoms. The van der Waals surface area contributed by atoms with E-state index in [9.17, 15) is 22.8 Å². The van der Waals surface area contributed by atoms with Gasteiger partial charge in [-0.15, -0.1) is 0 Å². The van der Waals surface area contributed by atoms with Gasteiger partial charge >= 0.3 is 0 Å². The van der Waals surface area contributed by atoms with Crippen LogP contribution in [0, 0.1) is 23.4 Å². The zero-order chi connectivity index (χ0) is 27.9. The summed E-state index contributed by atoms with van der Waals surface area (Å²) in [6.45, 7) is 1.74. The van der Waals surface area contributed by atoms with Crippen LogP contribution in [0.15, 0.2) is 53.1 Å². The van der Waals surface area contributed by atoms with Crippen molar-refractivity contribution < 1.29 is 32.0 Å². The number of benzene rings is 2. The lowest BCUT2D eigenvalue weighted by molar-refractivity contribution is -0.140. The fraction of sp³-hybridized carbons (Fsp3) is 0.414. The third-order valence-corrected chi connectivity index (χ3v) is 8.28. The maximum atomic E-state index is 14.2. The summed E-state index contributed by atoms with van der Waals surface area (Å²) >= 11 is 0. The van der Waals surface area contributed by atoms with E-state index in [4.69, 9.17) is 9.26 Å². The van der Waals surface area contributed by atoms with Crippen molar-refractivity contribution in [1.82, 2.24) is 20.7 Å². The molecule has 210 valence electrons. The summed E-state index contributed by atoms with van der Waals surface area (Å²) in [7, 11) is 0. The van der Waals surface area contributed by atoms with E-state index >= 15 is 0 Å². The highest BCUT2D eigenvalue weighted by atomic mass is 19.1. The van der Waals surface area contributed by atoms with Crippen LogP contribution < -0.4 is 10.6 Å². The van der Waals surface area contributed by atoms with Crippen LogP contribution in [0.5, 0.6) is 0 Å². The van der Waals surface area contributed by atoms with E-state index in [0.29, 0.717) is 19.0 Å². The molecule has 0 bridgehead atoms. The van der Waals surface area contributed by atoms with Crippen molar-refractivity contribution in [1.29, 1.82) is 0 Å². The van der Waals surface area contributed by atoms with Gasteiger partial charge in [-0.05, 0) is 49.1 Å². The van der Waals surface area contributed by atoms with E-state index in [1.165, 1.54) is 24.3 Å². The van der Waals surface area contributed by atoms with Crippen molar-refractivity contribution in [3.8, 4) is 11.3 Å². The van der Waals surface area contributed by atoms with Gasteiger partial charge in [-0.2, -0.15) is 0 Å². The van der Waals surface area contributed by atoms with Crippen molar-refractivity contribution in [2.24, 2.45) is 5.92 Å². The van der Waals surface area contributed by atoms with Crippen molar-refractivity contribution >= 4 is 11.8 Å². The predicted molar refractivity (Wildman–Crippen MR) is 137 cm³/mol. The second-order valence-corrected chi connectivity index (χ2v) is 10.8. The molecule has 2 saturated heterocycles. The average Bonchev–Trinajstić information content (AvgIpc) is 3.37. The average molecular weight is 555 g/mol. The largest absolute Gasteiger partial charge is 0.376 e. The minimum atomic E-state index is -0.835. The smallest absolute Gasteiger partial charge is 0.273 e. The molecule has 0 radical (unpaired) electrons. The molecule has 3 aliphatic rings. The molecule has 3 fully saturated rings. The summed E-state index contributed by atoms with van der Waals surface area (Å²) in [5, 5.41) is 9.86. The molecule has 2 aliphatic heterocycles. The first-order valence-electron chi connectivity index (χ1n) is 13.4. The number of rotatable bonds is 7. The molecule has 3 aromatic rings. The lowest BCUT2D eigenvalue weighted by Gasteiger charge is -2.47. The van der Waals surface area contributed by atoms with Crippen LogP contribution in [0.3, 0.4) is 0 Å². The molecule has 3 heterocycles. The van der Waals surface area contributed by atoms with E-state index in [1.807, 2.05) is 0 Å². The Morgan fingerprint density at radius 1 is 0.975 bits per heavy atom. The normalized spacial score (nSPS) is 22.7. The molecule has 2 N–H and O–H groups in total. The van der Waals surface area contributed by atoms with Crippen LogP contribution in [0.1, 0.15) is 41.7 Å². The first-order valence-corrected chi connectivity index (χ1v) is 13.4. The molecule has 6 rings (SSSR count). The van der Waals surface area contributed by atoms with E-state index in [2.05, 4.69) is 20.7 Å². The third kappa shape index (κ3) is 5.11.